The number of non-ortho nitro benzene ring substituents is 1. The molecule has 0 aromatic heterocycles. The lowest BCUT2D eigenvalue weighted by molar-refractivity contribution is -0.384. The number of carbonyl (C=O) groups is 3. The Bertz CT molecular complexity index is 1490. The van der Waals surface area contributed by atoms with E-state index in [1.54, 1.807) is 23.1 Å². The summed E-state index contributed by atoms with van der Waals surface area (Å²) in [5.74, 6) is -1.35. The fraction of sp³-hybridized carbons (Fsp3) is 0.192. The number of hydrogen-bond donors (Lipinski definition) is 0. The Morgan fingerprint density at radius 2 is 1.61 bits per heavy atom. The largest absolute Gasteiger partial charge is 0.496 e. The van der Waals surface area contributed by atoms with Crippen LogP contribution in [0.4, 0.5) is 11.4 Å². The van der Waals surface area contributed by atoms with Gasteiger partial charge in [-0.15, -0.1) is 0 Å². The van der Waals surface area contributed by atoms with Gasteiger partial charge in [0.2, 0.25) is 0 Å². The summed E-state index contributed by atoms with van der Waals surface area (Å²) < 4.78 is 6.30. The molecule has 9 nitrogen and oxygen atoms in total. The molecule has 0 radical (unpaired) electrons. The van der Waals surface area contributed by atoms with Gasteiger partial charge in [0.05, 0.1) is 29.2 Å². The van der Waals surface area contributed by atoms with E-state index in [1.807, 2.05) is 32.0 Å². The van der Waals surface area contributed by atoms with Crippen molar-refractivity contribution in [1.82, 2.24) is 4.90 Å². The molecule has 0 saturated carbocycles. The number of nitro groups is 1. The number of benzene rings is 3. The maximum atomic E-state index is 13.7. The first-order chi connectivity index (χ1) is 17.1. The lowest BCUT2D eigenvalue weighted by atomic mass is 9.85. The predicted molar refractivity (Wildman–Crippen MR) is 134 cm³/mol. The van der Waals surface area contributed by atoms with E-state index in [-0.39, 0.29) is 16.8 Å². The number of nitro benzene ring substituents is 1. The SMILES string of the molecule is COc1ccc(Br)cc1[C@@H]1[C@@H](N2C(=O)c3ccc([N+](=O)[O-])cc3C2=O)C(=O)N1c1ccc(C)cc1C. The third-order valence-corrected chi connectivity index (χ3v) is 7.07. The fourth-order valence-electron chi connectivity index (χ4n) is 4.93. The molecule has 1 fully saturated rings. The number of aryl methyl sites for hydroxylation is 2. The molecule has 0 bridgehead atoms. The number of rotatable bonds is 5. The van der Waals surface area contributed by atoms with Crippen LogP contribution in [0.25, 0.3) is 0 Å². The molecule has 182 valence electrons. The van der Waals surface area contributed by atoms with Crippen LogP contribution >= 0.6 is 15.9 Å². The van der Waals surface area contributed by atoms with Gasteiger partial charge in [-0.05, 0) is 49.7 Å². The highest BCUT2D eigenvalue weighted by Gasteiger charge is 2.58. The first kappa shape index (κ1) is 23.7. The molecule has 2 heterocycles. The minimum absolute atomic E-state index is 0.0309. The number of nitrogens with zero attached hydrogens (tertiary/aromatic N) is 3. The van der Waals surface area contributed by atoms with Crippen molar-refractivity contribution in [2.45, 2.75) is 25.9 Å². The first-order valence-electron chi connectivity index (χ1n) is 11.0. The highest BCUT2D eigenvalue weighted by Crippen LogP contribution is 2.48. The van der Waals surface area contributed by atoms with Gasteiger partial charge in [0.1, 0.15) is 11.8 Å². The van der Waals surface area contributed by atoms with E-state index in [0.717, 1.165) is 26.6 Å². The van der Waals surface area contributed by atoms with E-state index in [4.69, 9.17) is 4.74 Å². The summed E-state index contributed by atoms with van der Waals surface area (Å²) in [6.07, 6.45) is 0. The Morgan fingerprint density at radius 1 is 0.889 bits per heavy atom. The standard InChI is InChI=1S/C26H20BrN3O6/c1-13-4-8-20(14(2)10-13)28-22(19-11-15(27)5-9-21(19)36-3)23(26(28)33)29-24(31)17-7-6-16(30(34)35)12-18(17)25(29)32/h4-12,22-23H,1-3H3/t22-,23-/m1/s1. The van der Waals surface area contributed by atoms with Crippen molar-refractivity contribution in [1.29, 1.82) is 0 Å². The zero-order chi connectivity index (χ0) is 25.9. The second kappa shape index (κ2) is 8.56. The van der Waals surface area contributed by atoms with E-state index < -0.39 is 34.7 Å². The summed E-state index contributed by atoms with van der Waals surface area (Å²) >= 11 is 3.46. The van der Waals surface area contributed by atoms with E-state index >= 15 is 0 Å². The van der Waals surface area contributed by atoms with E-state index in [9.17, 15) is 24.5 Å². The van der Waals surface area contributed by atoms with Crippen LogP contribution in [0.1, 0.15) is 43.4 Å². The Kier molecular flexibility index (Phi) is 5.63. The summed E-state index contributed by atoms with van der Waals surface area (Å²) in [6.45, 7) is 3.84. The lowest BCUT2D eigenvalue weighted by Gasteiger charge is -2.50. The molecule has 10 heteroatoms. The average molecular weight is 550 g/mol. The van der Waals surface area contributed by atoms with Crippen LogP contribution in [-0.4, -0.2) is 40.7 Å². The van der Waals surface area contributed by atoms with Crippen molar-refractivity contribution in [3.05, 3.63) is 97.0 Å². The minimum Gasteiger partial charge on any atom is -0.496 e. The van der Waals surface area contributed by atoms with Crippen LogP contribution < -0.4 is 9.64 Å². The van der Waals surface area contributed by atoms with Crippen LogP contribution in [0.15, 0.2) is 59.1 Å². The van der Waals surface area contributed by atoms with Crippen LogP contribution in [0.2, 0.25) is 0 Å². The number of β-lactam (4-membered cyclic amide) rings is 1. The van der Waals surface area contributed by atoms with E-state index in [0.29, 0.717) is 17.0 Å². The zero-order valence-electron chi connectivity index (χ0n) is 19.5. The molecular formula is C26H20BrN3O6. The monoisotopic (exact) mass is 549 g/mol. The van der Waals surface area contributed by atoms with Crippen LogP contribution in [0.5, 0.6) is 5.75 Å². The van der Waals surface area contributed by atoms with E-state index in [1.165, 1.54) is 19.2 Å². The Labute approximate surface area is 214 Å². The molecule has 3 aromatic rings. The molecule has 0 spiro atoms. The summed E-state index contributed by atoms with van der Waals surface area (Å²) in [5, 5.41) is 11.2. The number of amides is 3. The number of imide groups is 1. The smallest absolute Gasteiger partial charge is 0.270 e. The molecule has 5 rings (SSSR count). The van der Waals surface area contributed by atoms with Crippen LogP contribution in [0.3, 0.4) is 0 Å². The molecule has 3 aromatic carbocycles. The highest BCUT2D eigenvalue weighted by atomic mass is 79.9. The number of anilines is 1. The second-order valence-corrected chi connectivity index (χ2v) is 9.66. The molecule has 3 amide bonds. The summed E-state index contributed by atoms with van der Waals surface area (Å²) in [5.41, 5.74) is 2.78. The topological polar surface area (TPSA) is 110 Å². The summed E-state index contributed by atoms with van der Waals surface area (Å²) in [4.78, 5) is 53.5. The van der Waals surface area contributed by atoms with E-state index in [2.05, 4.69) is 15.9 Å². The number of fused-ring (bicyclic) bond motifs is 1. The second-order valence-electron chi connectivity index (χ2n) is 8.74. The summed E-state index contributed by atoms with van der Waals surface area (Å²) in [6, 6.07) is 12.6. The van der Waals surface area contributed by atoms with Crippen LogP contribution in [-0.2, 0) is 4.79 Å². The number of carbonyl (C=O) groups excluding carboxylic acids is 3. The first-order valence-corrected chi connectivity index (χ1v) is 11.8. The molecule has 36 heavy (non-hydrogen) atoms. The molecule has 0 aliphatic carbocycles. The number of halogens is 1. The lowest BCUT2D eigenvalue weighted by Crippen LogP contribution is -2.67. The Balaban J connectivity index is 1.64. The average Bonchev–Trinajstić information content (AvgIpc) is 3.08. The molecule has 0 N–H and O–H groups in total. The molecule has 2 atom stereocenters. The van der Waals surface area contributed by atoms with Gasteiger partial charge >= 0.3 is 0 Å². The van der Waals surface area contributed by atoms with Crippen LogP contribution in [0, 0.1) is 24.0 Å². The van der Waals surface area contributed by atoms with Gasteiger partial charge in [-0.3, -0.25) is 34.3 Å². The van der Waals surface area contributed by atoms with Crippen molar-refractivity contribution in [3.8, 4) is 5.75 Å². The predicted octanol–water partition coefficient (Wildman–Crippen LogP) is 4.74. The number of hydrogen-bond acceptors (Lipinski definition) is 6. The number of ether oxygens (including phenoxy) is 1. The third kappa shape index (κ3) is 3.48. The molecule has 1 saturated heterocycles. The normalized spacial score (nSPS) is 18.8. The maximum Gasteiger partial charge on any atom is 0.270 e. The summed E-state index contributed by atoms with van der Waals surface area (Å²) in [7, 11) is 1.50. The molecular weight excluding hydrogens is 530 g/mol. The van der Waals surface area contributed by atoms with Crippen molar-refractivity contribution in [2.24, 2.45) is 0 Å². The Morgan fingerprint density at radius 3 is 2.28 bits per heavy atom. The molecule has 0 unspecified atom stereocenters. The third-order valence-electron chi connectivity index (χ3n) is 6.58. The number of methoxy groups -OCH3 is 1. The quantitative estimate of drug-likeness (QED) is 0.197. The van der Waals surface area contributed by atoms with Crippen molar-refractivity contribution in [2.75, 3.05) is 12.0 Å². The molecule has 2 aliphatic heterocycles. The fourth-order valence-corrected chi connectivity index (χ4v) is 5.31. The highest BCUT2D eigenvalue weighted by molar-refractivity contribution is 9.10. The maximum absolute atomic E-state index is 13.7. The van der Waals surface area contributed by atoms with Gasteiger partial charge in [-0.2, -0.15) is 0 Å². The van der Waals surface area contributed by atoms with Gasteiger partial charge in [-0.25, -0.2) is 0 Å². The van der Waals surface area contributed by atoms with Crippen molar-refractivity contribution < 1.29 is 24.0 Å². The minimum atomic E-state index is -1.15. The van der Waals surface area contributed by atoms with Gasteiger partial charge in [0, 0.05) is 27.9 Å². The van der Waals surface area contributed by atoms with Gasteiger partial charge < -0.3 is 4.74 Å². The van der Waals surface area contributed by atoms with Gasteiger partial charge in [0.25, 0.3) is 23.4 Å². The molecule has 2 aliphatic rings. The zero-order valence-corrected chi connectivity index (χ0v) is 21.1. The van der Waals surface area contributed by atoms with Crippen molar-refractivity contribution >= 4 is 45.0 Å². The Hall–Kier alpha value is -4.05. The van der Waals surface area contributed by atoms with Gasteiger partial charge in [-0.1, -0.05) is 33.6 Å². The van der Waals surface area contributed by atoms with Crippen molar-refractivity contribution in [3.63, 3.8) is 0 Å². The van der Waals surface area contributed by atoms with Gasteiger partial charge in [0.15, 0.2) is 0 Å².